The molecule has 3 atom stereocenters. The van der Waals surface area contributed by atoms with E-state index in [4.69, 9.17) is 27.2 Å². The van der Waals surface area contributed by atoms with Gasteiger partial charge in [0, 0.05) is 17.3 Å². The summed E-state index contributed by atoms with van der Waals surface area (Å²) in [4.78, 5) is 15.2. The van der Waals surface area contributed by atoms with Gasteiger partial charge in [-0.2, -0.15) is 4.98 Å². The number of halogens is 1. The van der Waals surface area contributed by atoms with Crippen LogP contribution in [0.25, 0.3) is 0 Å². The molecule has 0 unspecified atom stereocenters. The van der Waals surface area contributed by atoms with Gasteiger partial charge in [-0.15, -0.1) is 0 Å². The van der Waals surface area contributed by atoms with Gasteiger partial charge in [0.15, 0.2) is 6.23 Å². The quantitative estimate of drug-likeness (QED) is 0.650. The lowest BCUT2D eigenvalue weighted by Gasteiger charge is -2.14. The molecule has 0 radical (unpaired) electrons. The molecule has 1 aliphatic rings. The molecule has 1 aromatic rings. The van der Waals surface area contributed by atoms with Crippen molar-refractivity contribution in [1.29, 1.82) is 0 Å². The summed E-state index contributed by atoms with van der Waals surface area (Å²) in [5, 5.41) is 18.9. The summed E-state index contributed by atoms with van der Waals surface area (Å²) in [6, 6.07) is 1.43. The maximum absolute atomic E-state index is 11.7. The van der Waals surface area contributed by atoms with Crippen molar-refractivity contribution in [3.8, 4) is 0 Å². The molecule has 8 heteroatoms. The average molecular weight is 274 g/mol. The van der Waals surface area contributed by atoms with E-state index < -0.39 is 24.1 Å². The second-order valence-electron chi connectivity index (χ2n) is 3.81. The standard InChI is InChI=1S/C10H12ClN3O4/c11-3-5-8(16)6(4-15)18-9(5)14-2-1-7(12)13-10(14)17/h1-3,6,8-9,15-16H,4H2,(H2,12,13,17)/b5-3+/t6-,8+,9-/m1/s1. The second kappa shape index (κ2) is 5.07. The van der Waals surface area contributed by atoms with Gasteiger partial charge in [-0.25, -0.2) is 4.79 Å². The number of anilines is 1. The lowest BCUT2D eigenvalue weighted by Crippen LogP contribution is -2.28. The zero-order valence-corrected chi connectivity index (χ0v) is 9.99. The molecule has 0 amide bonds. The third-order valence-electron chi connectivity index (χ3n) is 2.69. The molecule has 0 aliphatic carbocycles. The van der Waals surface area contributed by atoms with Crippen LogP contribution in [0.5, 0.6) is 0 Å². The molecule has 0 bridgehead atoms. The van der Waals surface area contributed by atoms with Crippen molar-refractivity contribution in [3.05, 3.63) is 33.9 Å². The summed E-state index contributed by atoms with van der Waals surface area (Å²) in [5.74, 6) is 0.0879. The fourth-order valence-corrected chi connectivity index (χ4v) is 2.01. The number of nitrogens with two attached hydrogens (primary N) is 1. The number of hydrogen-bond donors (Lipinski definition) is 3. The predicted molar refractivity (Wildman–Crippen MR) is 63.8 cm³/mol. The molecule has 18 heavy (non-hydrogen) atoms. The summed E-state index contributed by atoms with van der Waals surface area (Å²) in [6.07, 6.45) is -1.40. The maximum atomic E-state index is 11.7. The first-order chi connectivity index (χ1) is 8.58. The van der Waals surface area contributed by atoms with E-state index in [1.54, 1.807) is 0 Å². The Morgan fingerprint density at radius 2 is 2.39 bits per heavy atom. The van der Waals surface area contributed by atoms with E-state index in [2.05, 4.69) is 4.98 Å². The van der Waals surface area contributed by atoms with Crippen LogP contribution < -0.4 is 11.4 Å². The minimum Gasteiger partial charge on any atom is -0.394 e. The van der Waals surface area contributed by atoms with Gasteiger partial charge in [-0.3, -0.25) is 4.57 Å². The average Bonchev–Trinajstić information content (AvgIpc) is 2.65. The molecule has 1 fully saturated rings. The van der Waals surface area contributed by atoms with Crippen LogP contribution in [0.2, 0.25) is 0 Å². The number of nitrogen functional groups attached to an aromatic ring is 1. The van der Waals surface area contributed by atoms with Gasteiger partial charge in [-0.1, -0.05) is 11.6 Å². The highest BCUT2D eigenvalue weighted by atomic mass is 35.5. The van der Waals surface area contributed by atoms with Crippen LogP contribution >= 0.6 is 11.6 Å². The van der Waals surface area contributed by atoms with Gasteiger partial charge in [0.2, 0.25) is 0 Å². The minimum absolute atomic E-state index is 0.0879. The summed E-state index contributed by atoms with van der Waals surface area (Å²) in [7, 11) is 0. The Kier molecular flexibility index (Phi) is 3.67. The highest BCUT2D eigenvalue weighted by Gasteiger charge is 2.39. The van der Waals surface area contributed by atoms with E-state index in [1.807, 2.05) is 0 Å². The summed E-state index contributed by atoms with van der Waals surface area (Å²) < 4.78 is 6.50. The number of aliphatic hydroxyl groups is 2. The molecule has 2 rings (SSSR count). The number of aromatic nitrogens is 2. The van der Waals surface area contributed by atoms with Crippen LogP contribution in [0.15, 0.2) is 28.2 Å². The highest BCUT2D eigenvalue weighted by Crippen LogP contribution is 2.33. The first-order valence-electron chi connectivity index (χ1n) is 5.17. The number of nitrogens with zero attached hydrogens (tertiary/aromatic N) is 2. The van der Waals surface area contributed by atoms with Crippen LogP contribution in [0.3, 0.4) is 0 Å². The Labute approximate surface area is 107 Å². The molecule has 2 heterocycles. The normalized spacial score (nSPS) is 29.9. The van der Waals surface area contributed by atoms with Gasteiger partial charge in [0.1, 0.15) is 18.0 Å². The zero-order chi connectivity index (χ0) is 13.3. The third-order valence-corrected chi connectivity index (χ3v) is 2.94. The van der Waals surface area contributed by atoms with E-state index in [0.717, 1.165) is 10.1 Å². The fourth-order valence-electron chi connectivity index (χ4n) is 1.77. The molecule has 1 aromatic heterocycles. The molecule has 4 N–H and O–H groups in total. The van der Waals surface area contributed by atoms with Crippen molar-refractivity contribution in [2.75, 3.05) is 12.3 Å². The minimum atomic E-state index is -1.07. The van der Waals surface area contributed by atoms with Gasteiger partial charge >= 0.3 is 5.69 Å². The number of ether oxygens (including phenoxy) is 1. The van der Waals surface area contributed by atoms with E-state index in [1.165, 1.54) is 12.3 Å². The van der Waals surface area contributed by atoms with Gasteiger partial charge < -0.3 is 20.7 Å². The van der Waals surface area contributed by atoms with Crippen molar-refractivity contribution < 1.29 is 14.9 Å². The van der Waals surface area contributed by atoms with Crippen molar-refractivity contribution >= 4 is 17.4 Å². The first-order valence-corrected chi connectivity index (χ1v) is 5.61. The van der Waals surface area contributed by atoms with Crippen LogP contribution in [-0.2, 0) is 4.74 Å². The monoisotopic (exact) mass is 273 g/mol. The summed E-state index contributed by atoms with van der Waals surface area (Å²) >= 11 is 5.61. The smallest absolute Gasteiger partial charge is 0.351 e. The van der Waals surface area contributed by atoms with Gasteiger partial charge in [0.25, 0.3) is 0 Å². The number of rotatable bonds is 2. The van der Waals surface area contributed by atoms with Crippen LogP contribution in [0.4, 0.5) is 5.82 Å². The summed E-state index contributed by atoms with van der Waals surface area (Å²) in [5.41, 5.74) is 6.17. The zero-order valence-electron chi connectivity index (χ0n) is 9.23. The van der Waals surface area contributed by atoms with E-state index >= 15 is 0 Å². The van der Waals surface area contributed by atoms with Gasteiger partial charge in [-0.05, 0) is 6.07 Å². The molecule has 0 saturated carbocycles. The van der Waals surface area contributed by atoms with E-state index in [9.17, 15) is 9.90 Å². The Morgan fingerprint density at radius 3 is 2.94 bits per heavy atom. The Bertz CT molecular complexity index is 530. The molecule has 7 nitrogen and oxygen atoms in total. The summed E-state index contributed by atoms with van der Waals surface area (Å²) in [6.45, 7) is -0.386. The van der Waals surface area contributed by atoms with Crippen LogP contribution in [0.1, 0.15) is 6.23 Å². The topological polar surface area (TPSA) is 111 Å². The Morgan fingerprint density at radius 1 is 1.67 bits per heavy atom. The molecule has 98 valence electrons. The Balaban J connectivity index is 2.41. The van der Waals surface area contributed by atoms with Crippen molar-refractivity contribution in [1.82, 2.24) is 9.55 Å². The van der Waals surface area contributed by atoms with E-state index in [0.29, 0.717) is 0 Å². The van der Waals surface area contributed by atoms with E-state index in [-0.39, 0.29) is 18.0 Å². The third kappa shape index (κ3) is 2.13. The molecular formula is C10H12ClN3O4. The molecule has 0 spiro atoms. The number of hydrogen-bond acceptors (Lipinski definition) is 6. The van der Waals surface area contributed by atoms with Crippen LogP contribution in [0, 0.1) is 0 Å². The van der Waals surface area contributed by atoms with Gasteiger partial charge in [0.05, 0.1) is 6.61 Å². The van der Waals surface area contributed by atoms with Crippen molar-refractivity contribution in [3.63, 3.8) is 0 Å². The molecule has 1 saturated heterocycles. The number of aliphatic hydroxyl groups excluding tert-OH is 2. The molecule has 0 aromatic carbocycles. The Hall–Kier alpha value is -1.41. The maximum Gasteiger partial charge on any atom is 0.351 e. The lowest BCUT2D eigenvalue weighted by atomic mass is 10.1. The first kappa shape index (κ1) is 13.0. The SMILES string of the molecule is Nc1ccn([C@@H]2O[C@H](CO)[C@@H](O)/C2=C\Cl)c(=O)n1. The molecule has 1 aliphatic heterocycles. The van der Waals surface area contributed by atoms with Crippen molar-refractivity contribution in [2.45, 2.75) is 18.4 Å². The molecular weight excluding hydrogens is 262 g/mol. The van der Waals surface area contributed by atoms with Crippen LogP contribution in [-0.4, -0.2) is 38.6 Å². The lowest BCUT2D eigenvalue weighted by molar-refractivity contribution is -0.0447. The highest BCUT2D eigenvalue weighted by molar-refractivity contribution is 6.25. The fraction of sp³-hybridized carbons (Fsp3) is 0.400. The second-order valence-corrected chi connectivity index (χ2v) is 4.02. The largest absolute Gasteiger partial charge is 0.394 e. The van der Waals surface area contributed by atoms with Crippen molar-refractivity contribution in [2.24, 2.45) is 0 Å². The predicted octanol–water partition coefficient (Wildman–Crippen LogP) is -0.801.